The Morgan fingerprint density at radius 2 is 2.12 bits per heavy atom. The first-order valence-corrected chi connectivity index (χ1v) is 4.78. The number of benzene rings is 1. The van der Waals surface area contributed by atoms with Crippen LogP contribution in [0.2, 0.25) is 0 Å². The number of hydrogen-bond acceptors (Lipinski definition) is 4. The van der Waals surface area contributed by atoms with E-state index in [1.165, 1.54) is 13.1 Å². The van der Waals surface area contributed by atoms with E-state index in [9.17, 15) is 4.79 Å². The van der Waals surface area contributed by atoms with E-state index >= 15 is 0 Å². The first-order chi connectivity index (χ1) is 7.63. The van der Waals surface area contributed by atoms with Crippen molar-refractivity contribution in [2.45, 2.75) is 13.0 Å². The smallest absolute Gasteiger partial charge is 0.268 e. The van der Waals surface area contributed by atoms with Crippen LogP contribution in [0.3, 0.4) is 0 Å². The van der Waals surface area contributed by atoms with Crippen molar-refractivity contribution in [1.82, 2.24) is 5.43 Å². The van der Waals surface area contributed by atoms with Crippen molar-refractivity contribution < 1.29 is 14.6 Å². The summed E-state index contributed by atoms with van der Waals surface area (Å²) in [6, 6.07) is 7.18. The molecule has 0 aliphatic heterocycles. The molecule has 0 aliphatic rings. The quantitative estimate of drug-likeness (QED) is 0.576. The molecule has 1 rings (SSSR count). The monoisotopic (exact) mass is 222 g/mol. The highest BCUT2D eigenvalue weighted by Crippen LogP contribution is 2.09. The van der Waals surface area contributed by atoms with Gasteiger partial charge in [-0.25, -0.2) is 5.43 Å². The van der Waals surface area contributed by atoms with Gasteiger partial charge in [-0.3, -0.25) is 4.79 Å². The van der Waals surface area contributed by atoms with Gasteiger partial charge in [-0.05, 0) is 36.8 Å². The van der Waals surface area contributed by atoms with E-state index in [2.05, 4.69) is 10.5 Å². The number of rotatable bonds is 4. The van der Waals surface area contributed by atoms with E-state index in [1.54, 1.807) is 31.4 Å². The predicted molar refractivity (Wildman–Crippen MR) is 60.4 cm³/mol. The van der Waals surface area contributed by atoms with Gasteiger partial charge >= 0.3 is 0 Å². The molecule has 0 spiro atoms. The van der Waals surface area contributed by atoms with Gasteiger partial charge in [0.05, 0.1) is 13.3 Å². The molecule has 5 heteroatoms. The van der Waals surface area contributed by atoms with Gasteiger partial charge in [-0.1, -0.05) is 0 Å². The predicted octanol–water partition coefficient (Wildman–Crippen LogP) is 0.526. The number of carbonyl (C=O) groups excluding carboxylic acids is 1. The molecular weight excluding hydrogens is 208 g/mol. The topological polar surface area (TPSA) is 70.9 Å². The maximum Gasteiger partial charge on any atom is 0.268 e. The number of hydrogen-bond donors (Lipinski definition) is 2. The first kappa shape index (κ1) is 12.2. The third-order valence-corrected chi connectivity index (χ3v) is 1.88. The van der Waals surface area contributed by atoms with Crippen molar-refractivity contribution in [2.75, 3.05) is 7.11 Å². The minimum absolute atomic E-state index is 0.537. The lowest BCUT2D eigenvalue weighted by Crippen LogP contribution is -2.28. The molecule has 1 aromatic carbocycles. The molecule has 1 aromatic rings. The first-order valence-electron chi connectivity index (χ1n) is 4.78. The standard InChI is InChI=1S/C11H14N2O3/c1-8(14)11(15)13-12-7-9-3-5-10(16-2)6-4-9/h3-8,14H,1-2H3,(H,13,15)/b12-7+. The number of amides is 1. The second kappa shape index (κ2) is 5.87. The van der Waals surface area contributed by atoms with Gasteiger partial charge in [0.25, 0.3) is 5.91 Å². The van der Waals surface area contributed by atoms with Crippen LogP contribution in [-0.4, -0.2) is 30.4 Å². The van der Waals surface area contributed by atoms with Crippen LogP contribution in [0, 0.1) is 0 Å². The van der Waals surface area contributed by atoms with E-state index < -0.39 is 12.0 Å². The summed E-state index contributed by atoms with van der Waals surface area (Å²) in [5, 5.41) is 12.6. The highest BCUT2D eigenvalue weighted by molar-refractivity contribution is 5.84. The highest BCUT2D eigenvalue weighted by atomic mass is 16.5. The number of methoxy groups -OCH3 is 1. The van der Waals surface area contributed by atoms with E-state index in [1.807, 2.05) is 0 Å². The Hall–Kier alpha value is -1.88. The van der Waals surface area contributed by atoms with Crippen LogP contribution in [0.1, 0.15) is 12.5 Å². The molecule has 0 aromatic heterocycles. The molecule has 0 bridgehead atoms. The van der Waals surface area contributed by atoms with E-state index in [-0.39, 0.29) is 0 Å². The van der Waals surface area contributed by atoms with E-state index in [0.29, 0.717) is 0 Å². The lowest BCUT2D eigenvalue weighted by molar-refractivity contribution is -0.128. The Labute approximate surface area is 93.7 Å². The average Bonchev–Trinajstić information content (AvgIpc) is 2.29. The molecule has 0 saturated heterocycles. The number of aliphatic hydroxyl groups is 1. The Kier molecular flexibility index (Phi) is 4.47. The molecule has 0 aliphatic carbocycles. The summed E-state index contributed by atoms with van der Waals surface area (Å²) in [5.74, 6) is 0.218. The number of carbonyl (C=O) groups is 1. The van der Waals surface area contributed by atoms with Crippen LogP contribution in [0.5, 0.6) is 5.75 Å². The fourth-order valence-corrected chi connectivity index (χ4v) is 0.954. The molecule has 0 radical (unpaired) electrons. The normalized spacial score (nSPS) is 12.4. The number of hydrazone groups is 1. The molecule has 1 unspecified atom stereocenters. The van der Waals surface area contributed by atoms with Crippen LogP contribution in [0.25, 0.3) is 0 Å². The van der Waals surface area contributed by atoms with Gasteiger partial charge in [-0.2, -0.15) is 5.10 Å². The number of nitrogens with zero attached hydrogens (tertiary/aromatic N) is 1. The fourth-order valence-electron chi connectivity index (χ4n) is 0.954. The Morgan fingerprint density at radius 3 is 2.62 bits per heavy atom. The molecular formula is C11H14N2O3. The number of ether oxygens (including phenoxy) is 1. The Balaban J connectivity index is 2.53. The van der Waals surface area contributed by atoms with Gasteiger partial charge < -0.3 is 9.84 Å². The summed E-state index contributed by atoms with van der Waals surface area (Å²) in [4.78, 5) is 10.9. The second-order valence-electron chi connectivity index (χ2n) is 3.18. The van der Waals surface area contributed by atoms with Crippen molar-refractivity contribution in [3.05, 3.63) is 29.8 Å². The lowest BCUT2D eigenvalue weighted by Gasteiger charge is -2.01. The van der Waals surface area contributed by atoms with Crippen molar-refractivity contribution in [2.24, 2.45) is 5.10 Å². The van der Waals surface area contributed by atoms with Gasteiger partial charge in [-0.15, -0.1) is 0 Å². The van der Waals surface area contributed by atoms with E-state index in [0.717, 1.165) is 11.3 Å². The summed E-state index contributed by atoms with van der Waals surface area (Å²) < 4.78 is 5.00. The molecule has 2 N–H and O–H groups in total. The van der Waals surface area contributed by atoms with Gasteiger partial charge in [0.2, 0.25) is 0 Å². The molecule has 86 valence electrons. The molecule has 5 nitrogen and oxygen atoms in total. The highest BCUT2D eigenvalue weighted by Gasteiger charge is 2.05. The van der Waals surface area contributed by atoms with Crippen molar-refractivity contribution in [1.29, 1.82) is 0 Å². The molecule has 1 atom stereocenters. The minimum Gasteiger partial charge on any atom is -0.497 e. The third kappa shape index (κ3) is 3.70. The zero-order valence-corrected chi connectivity index (χ0v) is 9.18. The molecule has 0 fully saturated rings. The second-order valence-corrected chi connectivity index (χ2v) is 3.18. The van der Waals surface area contributed by atoms with Crippen LogP contribution in [0.15, 0.2) is 29.4 Å². The summed E-state index contributed by atoms with van der Waals surface area (Å²) in [7, 11) is 1.59. The maximum atomic E-state index is 10.9. The van der Waals surface area contributed by atoms with Crippen molar-refractivity contribution >= 4 is 12.1 Å². The largest absolute Gasteiger partial charge is 0.497 e. The maximum absolute atomic E-state index is 10.9. The van der Waals surface area contributed by atoms with Crippen LogP contribution >= 0.6 is 0 Å². The fraction of sp³-hybridized carbons (Fsp3) is 0.273. The zero-order chi connectivity index (χ0) is 12.0. The summed E-state index contributed by atoms with van der Waals surface area (Å²) in [5.41, 5.74) is 3.03. The molecule has 1 amide bonds. The summed E-state index contributed by atoms with van der Waals surface area (Å²) >= 11 is 0. The van der Waals surface area contributed by atoms with Gasteiger partial charge in [0, 0.05) is 0 Å². The van der Waals surface area contributed by atoms with Crippen molar-refractivity contribution in [3.63, 3.8) is 0 Å². The van der Waals surface area contributed by atoms with Crippen LogP contribution in [-0.2, 0) is 4.79 Å². The lowest BCUT2D eigenvalue weighted by atomic mass is 10.2. The average molecular weight is 222 g/mol. The Bertz CT molecular complexity index is 371. The molecule has 0 saturated carbocycles. The summed E-state index contributed by atoms with van der Waals surface area (Å²) in [6.45, 7) is 1.37. The Morgan fingerprint density at radius 1 is 1.50 bits per heavy atom. The van der Waals surface area contributed by atoms with Gasteiger partial charge in [0.15, 0.2) is 0 Å². The number of aliphatic hydroxyl groups excluding tert-OH is 1. The van der Waals surface area contributed by atoms with Crippen LogP contribution < -0.4 is 10.2 Å². The van der Waals surface area contributed by atoms with Crippen LogP contribution in [0.4, 0.5) is 0 Å². The molecule has 16 heavy (non-hydrogen) atoms. The minimum atomic E-state index is -1.06. The summed E-state index contributed by atoms with van der Waals surface area (Å²) in [6.07, 6.45) is 0.424. The SMILES string of the molecule is COc1ccc(/C=N/NC(=O)C(C)O)cc1. The van der Waals surface area contributed by atoms with Crippen molar-refractivity contribution in [3.8, 4) is 5.75 Å². The zero-order valence-electron chi connectivity index (χ0n) is 9.18. The van der Waals surface area contributed by atoms with Gasteiger partial charge in [0.1, 0.15) is 11.9 Å². The third-order valence-electron chi connectivity index (χ3n) is 1.88. The molecule has 0 heterocycles. The number of nitrogens with one attached hydrogen (secondary N) is 1. The van der Waals surface area contributed by atoms with E-state index in [4.69, 9.17) is 9.84 Å².